The van der Waals surface area contributed by atoms with Crippen molar-refractivity contribution in [2.45, 2.75) is 13.5 Å². The van der Waals surface area contributed by atoms with E-state index in [-0.39, 0.29) is 17.7 Å². The lowest BCUT2D eigenvalue weighted by molar-refractivity contribution is 0.0600. The fourth-order valence-electron chi connectivity index (χ4n) is 3.30. The zero-order valence-corrected chi connectivity index (χ0v) is 19.1. The van der Waals surface area contributed by atoms with Crippen molar-refractivity contribution in [2.75, 3.05) is 12.4 Å². The summed E-state index contributed by atoms with van der Waals surface area (Å²) in [5, 5.41) is 13.6. The SMILES string of the molecule is COC(=O)c1ccc(NC(=O)c2cc3c(CO)cnc(C)c3oc2=Nc2ccc(Cl)cc2)cc1. The summed E-state index contributed by atoms with van der Waals surface area (Å²) in [6, 6.07) is 14.6. The molecule has 0 aliphatic rings. The molecule has 172 valence electrons. The Labute approximate surface area is 199 Å². The minimum atomic E-state index is -0.484. The van der Waals surface area contributed by atoms with Gasteiger partial charge in [-0.3, -0.25) is 9.78 Å². The average molecular weight is 478 g/mol. The van der Waals surface area contributed by atoms with Crippen molar-refractivity contribution in [1.29, 1.82) is 0 Å². The van der Waals surface area contributed by atoms with E-state index in [4.69, 9.17) is 20.8 Å². The number of hydrogen-bond acceptors (Lipinski definition) is 7. The van der Waals surface area contributed by atoms with Gasteiger partial charge in [-0.2, -0.15) is 0 Å². The number of aliphatic hydroxyl groups is 1. The largest absolute Gasteiger partial charge is 0.465 e. The number of nitrogens with one attached hydrogen (secondary N) is 1. The Morgan fingerprint density at radius 2 is 1.85 bits per heavy atom. The molecule has 34 heavy (non-hydrogen) atoms. The first-order valence-electron chi connectivity index (χ1n) is 10.2. The van der Waals surface area contributed by atoms with Gasteiger partial charge in [-0.15, -0.1) is 0 Å². The number of fused-ring (bicyclic) bond motifs is 1. The molecule has 2 aromatic heterocycles. The number of aliphatic hydroxyl groups excluding tert-OH is 1. The highest BCUT2D eigenvalue weighted by Gasteiger charge is 2.17. The maximum Gasteiger partial charge on any atom is 0.337 e. The molecule has 0 saturated heterocycles. The van der Waals surface area contributed by atoms with Gasteiger partial charge in [0.1, 0.15) is 5.56 Å². The number of pyridine rings is 1. The van der Waals surface area contributed by atoms with Crippen LogP contribution in [0.2, 0.25) is 5.02 Å². The van der Waals surface area contributed by atoms with Crippen molar-refractivity contribution in [3.05, 3.63) is 93.8 Å². The lowest BCUT2D eigenvalue weighted by Gasteiger charge is -2.10. The number of carbonyl (C=O) groups is 2. The normalized spacial score (nSPS) is 11.5. The second-order valence-corrected chi connectivity index (χ2v) is 7.78. The highest BCUT2D eigenvalue weighted by Crippen LogP contribution is 2.22. The van der Waals surface area contributed by atoms with Crippen molar-refractivity contribution in [1.82, 2.24) is 4.98 Å². The van der Waals surface area contributed by atoms with E-state index in [0.29, 0.717) is 44.2 Å². The van der Waals surface area contributed by atoms with Gasteiger partial charge in [0.25, 0.3) is 5.91 Å². The van der Waals surface area contributed by atoms with E-state index in [2.05, 4.69) is 15.3 Å². The minimum absolute atomic E-state index is 0.0680. The van der Waals surface area contributed by atoms with Gasteiger partial charge in [-0.25, -0.2) is 9.79 Å². The highest BCUT2D eigenvalue weighted by atomic mass is 35.5. The highest BCUT2D eigenvalue weighted by molar-refractivity contribution is 6.30. The number of methoxy groups -OCH3 is 1. The number of halogens is 1. The average Bonchev–Trinajstić information content (AvgIpc) is 2.85. The number of anilines is 1. The summed E-state index contributed by atoms with van der Waals surface area (Å²) >= 11 is 5.97. The van der Waals surface area contributed by atoms with Gasteiger partial charge in [-0.05, 0) is 61.5 Å². The predicted octanol–water partition coefficient (Wildman–Crippen LogP) is 4.55. The van der Waals surface area contributed by atoms with Crippen LogP contribution in [0.1, 0.15) is 32.0 Å². The molecular formula is C25H20ClN3O5. The first-order chi connectivity index (χ1) is 16.4. The molecule has 0 saturated carbocycles. The third-order valence-corrected chi connectivity index (χ3v) is 5.34. The fourth-order valence-corrected chi connectivity index (χ4v) is 3.42. The number of ether oxygens (including phenoxy) is 1. The van der Waals surface area contributed by atoms with Crippen molar-refractivity contribution >= 4 is 45.8 Å². The van der Waals surface area contributed by atoms with Gasteiger partial charge in [-0.1, -0.05) is 11.6 Å². The summed E-state index contributed by atoms with van der Waals surface area (Å²) in [4.78, 5) is 33.7. The molecule has 8 nitrogen and oxygen atoms in total. The Balaban J connectivity index is 1.82. The molecule has 1 amide bonds. The van der Waals surface area contributed by atoms with Gasteiger partial charge in [0.2, 0.25) is 5.55 Å². The predicted molar refractivity (Wildman–Crippen MR) is 127 cm³/mol. The number of benzene rings is 2. The quantitative estimate of drug-likeness (QED) is 0.407. The Morgan fingerprint density at radius 3 is 2.50 bits per heavy atom. The second-order valence-electron chi connectivity index (χ2n) is 7.35. The molecule has 2 heterocycles. The summed E-state index contributed by atoms with van der Waals surface area (Å²) < 4.78 is 10.7. The van der Waals surface area contributed by atoms with Gasteiger partial charge in [0.15, 0.2) is 5.58 Å². The first kappa shape index (κ1) is 23.2. The van der Waals surface area contributed by atoms with Crippen molar-refractivity contribution in [2.24, 2.45) is 4.99 Å². The van der Waals surface area contributed by atoms with E-state index >= 15 is 0 Å². The molecule has 9 heteroatoms. The van der Waals surface area contributed by atoms with Crippen LogP contribution in [0.5, 0.6) is 0 Å². The molecule has 0 spiro atoms. The van der Waals surface area contributed by atoms with Gasteiger partial charge in [0.05, 0.1) is 30.7 Å². The van der Waals surface area contributed by atoms with Gasteiger partial charge >= 0.3 is 5.97 Å². The molecule has 4 aromatic rings. The number of esters is 1. The molecular weight excluding hydrogens is 458 g/mol. The van der Waals surface area contributed by atoms with Crippen LogP contribution in [-0.4, -0.2) is 29.1 Å². The van der Waals surface area contributed by atoms with Crippen LogP contribution in [0.3, 0.4) is 0 Å². The standard InChI is InChI=1S/C25H20ClN3O5/c1-14-22-20(16(13-30)12-27-14)11-21(24(34-22)29-19-9-5-17(26)6-10-19)23(31)28-18-7-3-15(4-8-18)25(32)33-2/h3-12,30H,13H2,1-2H3,(H,28,31). The molecule has 2 N–H and O–H groups in total. The van der Waals surface area contributed by atoms with E-state index in [0.717, 1.165) is 0 Å². The van der Waals surface area contributed by atoms with E-state index in [1.54, 1.807) is 61.5 Å². The molecule has 0 bridgehead atoms. The van der Waals surface area contributed by atoms with E-state index in [1.165, 1.54) is 13.3 Å². The number of amides is 1. The molecule has 4 rings (SSSR count). The Bertz CT molecular complexity index is 1440. The van der Waals surface area contributed by atoms with Crippen LogP contribution < -0.4 is 10.9 Å². The van der Waals surface area contributed by atoms with Gasteiger partial charge < -0.3 is 19.6 Å². The molecule has 2 aromatic carbocycles. The van der Waals surface area contributed by atoms with Crippen LogP contribution in [0.4, 0.5) is 11.4 Å². The topological polar surface area (TPSA) is 114 Å². The monoisotopic (exact) mass is 477 g/mol. The number of nitrogens with zero attached hydrogens (tertiary/aromatic N) is 2. The smallest absolute Gasteiger partial charge is 0.337 e. The minimum Gasteiger partial charge on any atom is -0.465 e. The summed E-state index contributed by atoms with van der Waals surface area (Å²) in [5.41, 5.74) is 3.09. The third-order valence-electron chi connectivity index (χ3n) is 5.09. The molecule has 0 aliphatic heterocycles. The second kappa shape index (κ2) is 9.86. The van der Waals surface area contributed by atoms with Crippen LogP contribution in [0, 0.1) is 6.92 Å². The number of hydrogen-bond donors (Lipinski definition) is 2. The van der Waals surface area contributed by atoms with Gasteiger partial charge in [0, 0.05) is 27.9 Å². The lowest BCUT2D eigenvalue weighted by Crippen LogP contribution is -2.22. The molecule has 0 fully saturated rings. The van der Waals surface area contributed by atoms with E-state index < -0.39 is 11.9 Å². The van der Waals surface area contributed by atoms with Crippen LogP contribution in [0.25, 0.3) is 11.0 Å². The number of carbonyl (C=O) groups excluding carboxylic acids is 2. The molecule has 0 atom stereocenters. The van der Waals surface area contributed by atoms with E-state index in [9.17, 15) is 14.7 Å². The van der Waals surface area contributed by atoms with Crippen molar-refractivity contribution in [3.8, 4) is 0 Å². The molecule has 0 radical (unpaired) electrons. The Hall–Kier alpha value is -4.01. The number of aromatic nitrogens is 1. The van der Waals surface area contributed by atoms with Crippen LogP contribution >= 0.6 is 11.6 Å². The van der Waals surface area contributed by atoms with Crippen LogP contribution in [-0.2, 0) is 11.3 Å². The van der Waals surface area contributed by atoms with E-state index in [1.807, 2.05) is 0 Å². The number of aryl methyl sites for hydroxylation is 1. The zero-order valence-electron chi connectivity index (χ0n) is 18.3. The summed E-state index contributed by atoms with van der Waals surface area (Å²) in [7, 11) is 1.30. The van der Waals surface area contributed by atoms with Crippen molar-refractivity contribution < 1.29 is 23.8 Å². The maximum atomic E-state index is 13.3. The Morgan fingerprint density at radius 1 is 1.15 bits per heavy atom. The fraction of sp³-hybridized carbons (Fsp3) is 0.120. The summed E-state index contributed by atoms with van der Waals surface area (Å²) in [6.45, 7) is 1.49. The van der Waals surface area contributed by atoms with Crippen molar-refractivity contribution in [3.63, 3.8) is 0 Å². The summed E-state index contributed by atoms with van der Waals surface area (Å²) in [6.07, 6.45) is 1.54. The Kier molecular flexibility index (Phi) is 6.72. The number of rotatable bonds is 5. The van der Waals surface area contributed by atoms with Crippen LogP contribution in [0.15, 0.2) is 70.2 Å². The molecule has 0 aliphatic carbocycles. The third kappa shape index (κ3) is 4.83. The summed E-state index contributed by atoms with van der Waals surface area (Å²) in [5.74, 6) is -0.960. The molecule has 0 unspecified atom stereocenters. The first-order valence-corrected chi connectivity index (χ1v) is 10.6. The zero-order chi connectivity index (χ0) is 24.2. The maximum absolute atomic E-state index is 13.3. The lowest BCUT2D eigenvalue weighted by atomic mass is 10.1.